The van der Waals surface area contributed by atoms with Crippen molar-refractivity contribution in [3.8, 4) is 22.5 Å². The molecule has 2 aromatic heterocycles. The highest BCUT2D eigenvalue weighted by Crippen LogP contribution is 2.29. The fourth-order valence-corrected chi connectivity index (χ4v) is 7.40. The minimum atomic E-state index is 0.0364. The Balaban J connectivity index is 0.987. The van der Waals surface area contributed by atoms with E-state index in [1.807, 2.05) is 69.4 Å². The summed E-state index contributed by atoms with van der Waals surface area (Å²) in [5.41, 5.74) is 5.28. The third-order valence-corrected chi connectivity index (χ3v) is 10.2. The van der Waals surface area contributed by atoms with Crippen LogP contribution in [0.2, 0.25) is 0 Å². The summed E-state index contributed by atoms with van der Waals surface area (Å²) in [4.78, 5) is 55.4. The fraction of sp³-hybridized carbons (Fsp3) is 0.405. The zero-order valence-corrected chi connectivity index (χ0v) is 26.5. The number of amides is 3. The molecule has 5 heterocycles. The Kier molecular flexibility index (Phi) is 8.58. The molecule has 0 spiro atoms. The normalized spacial score (nSPS) is 18.7. The van der Waals surface area contributed by atoms with Crippen LogP contribution in [0.3, 0.4) is 0 Å². The number of nitrogens with zero attached hydrogens (tertiary/aromatic N) is 5. The van der Waals surface area contributed by atoms with E-state index in [4.69, 9.17) is 4.98 Å². The highest BCUT2D eigenvalue weighted by molar-refractivity contribution is 5.97. The van der Waals surface area contributed by atoms with Crippen LogP contribution in [0.25, 0.3) is 33.4 Å². The number of aromatic amines is 1. The Hall–Kier alpha value is -4.50. The first-order chi connectivity index (χ1) is 22.4. The molecule has 0 saturated carbocycles. The smallest absolute Gasteiger partial charge is 0.254 e. The molecule has 3 aliphatic heterocycles. The van der Waals surface area contributed by atoms with Gasteiger partial charge in [-0.15, -0.1) is 0 Å². The molecule has 3 saturated heterocycles. The number of nitrogens with one attached hydrogen (secondary N) is 1. The number of aromatic nitrogens is 2. The summed E-state index contributed by atoms with van der Waals surface area (Å²) in [6.07, 6.45) is 5.39. The zero-order chi connectivity index (χ0) is 31.6. The highest BCUT2D eigenvalue weighted by Gasteiger charge is 2.34. The van der Waals surface area contributed by atoms with Gasteiger partial charge in [0.05, 0.1) is 11.4 Å². The second-order valence-corrected chi connectivity index (χ2v) is 12.9. The fourth-order valence-electron chi connectivity index (χ4n) is 7.40. The molecule has 2 aromatic carbocycles. The van der Waals surface area contributed by atoms with Gasteiger partial charge in [0.25, 0.3) is 5.91 Å². The van der Waals surface area contributed by atoms with Crippen LogP contribution in [0.1, 0.15) is 43.0 Å². The van der Waals surface area contributed by atoms with Crippen LogP contribution in [-0.2, 0) is 9.59 Å². The number of piperazine rings is 1. The summed E-state index contributed by atoms with van der Waals surface area (Å²) < 4.78 is 0. The maximum atomic E-state index is 14.0. The van der Waals surface area contributed by atoms with E-state index in [9.17, 15) is 14.4 Å². The van der Waals surface area contributed by atoms with Crippen molar-refractivity contribution >= 4 is 28.6 Å². The van der Waals surface area contributed by atoms with Gasteiger partial charge in [-0.2, -0.15) is 0 Å². The molecule has 0 atom stereocenters. The first-order valence-corrected chi connectivity index (χ1v) is 16.7. The van der Waals surface area contributed by atoms with Crippen molar-refractivity contribution in [2.24, 2.45) is 5.92 Å². The molecule has 46 heavy (non-hydrogen) atoms. The second kappa shape index (κ2) is 13.1. The number of hydrogen-bond donors (Lipinski definition) is 1. The zero-order valence-electron chi connectivity index (χ0n) is 26.5. The number of piperidine rings is 2. The van der Waals surface area contributed by atoms with E-state index in [2.05, 4.69) is 28.1 Å². The number of hydrogen-bond acceptors (Lipinski definition) is 5. The minimum absolute atomic E-state index is 0.0364. The summed E-state index contributed by atoms with van der Waals surface area (Å²) in [6, 6.07) is 22.6. The number of likely N-dealkylation sites (tertiary alicyclic amines) is 2. The molecule has 1 N–H and O–H groups in total. The lowest BCUT2D eigenvalue weighted by atomic mass is 9.93. The van der Waals surface area contributed by atoms with Gasteiger partial charge in [0.15, 0.2) is 0 Å². The lowest BCUT2D eigenvalue weighted by Crippen LogP contribution is -2.55. The van der Waals surface area contributed by atoms with Crippen LogP contribution in [-0.4, -0.2) is 106 Å². The molecular formula is C37H42N6O3. The Morgan fingerprint density at radius 2 is 1.37 bits per heavy atom. The van der Waals surface area contributed by atoms with Gasteiger partial charge < -0.3 is 19.7 Å². The third-order valence-electron chi connectivity index (χ3n) is 10.2. The Morgan fingerprint density at radius 3 is 2.07 bits per heavy atom. The number of rotatable bonds is 5. The molecule has 0 unspecified atom stereocenters. The average molecular weight is 619 g/mol. The number of pyridine rings is 1. The molecular weight excluding hydrogens is 576 g/mol. The van der Waals surface area contributed by atoms with E-state index in [0.717, 1.165) is 85.3 Å². The Labute approximate surface area is 270 Å². The molecule has 3 amide bonds. The average Bonchev–Trinajstić information content (AvgIpc) is 3.60. The van der Waals surface area contributed by atoms with Crippen LogP contribution < -0.4 is 0 Å². The largest absolute Gasteiger partial charge is 0.361 e. The van der Waals surface area contributed by atoms with Gasteiger partial charge in [0, 0.05) is 105 Å². The predicted molar refractivity (Wildman–Crippen MR) is 179 cm³/mol. The number of fused-ring (bicyclic) bond motifs is 1. The van der Waals surface area contributed by atoms with Crippen molar-refractivity contribution in [3.63, 3.8) is 0 Å². The molecule has 0 aliphatic carbocycles. The monoisotopic (exact) mass is 618 g/mol. The van der Waals surface area contributed by atoms with Crippen molar-refractivity contribution < 1.29 is 14.4 Å². The summed E-state index contributed by atoms with van der Waals surface area (Å²) in [5, 5.41) is 1.11. The molecule has 9 heteroatoms. The van der Waals surface area contributed by atoms with E-state index in [-0.39, 0.29) is 23.6 Å². The minimum Gasteiger partial charge on any atom is -0.361 e. The quantitative estimate of drug-likeness (QED) is 0.344. The molecule has 3 aliphatic rings. The van der Waals surface area contributed by atoms with Crippen LogP contribution >= 0.6 is 0 Å². The van der Waals surface area contributed by atoms with Gasteiger partial charge in [-0.1, -0.05) is 36.4 Å². The first-order valence-electron chi connectivity index (χ1n) is 16.7. The highest BCUT2D eigenvalue weighted by atomic mass is 16.2. The lowest BCUT2D eigenvalue weighted by Gasteiger charge is -2.43. The lowest BCUT2D eigenvalue weighted by molar-refractivity contribution is -0.141. The van der Waals surface area contributed by atoms with E-state index in [0.29, 0.717) is 37.8 Å². The molecule has 7 rings (SSSR count). The van der Waals surface area contributed by atoms with Crippen molar-refractivity contribution in [2.75, 3.05) is 52.4 Å². The number of carbonyl (C=O) groups excluding carboxylic acids is 3. The van der Waals surface area contributed by atoms with Gasteiger partial charge in [-0.3, -0.25) is 19.3 Å². The van der Waals surface area contributed by atoms with E-state index in [1.54, 1.807) is 6.92 Å². The van der Waals surface area contributed by atoms with Crippen molar-refractivity contribution in [1.82, 2.24) is 29.6 Å². The predicted octanol–water partition coefficient (Wildman–Crippen LogP) is 4.90. The van der Waals surface area contributed by atoms with Gasteiger partial charge in [0.2, 0.25) is 11.8 Å². The van der Waals surface area contributed by atoms with E-state index < -0.39 is 0 Å². The van der Waals surface area contributed by atoms with Crippen molar-refractivity contribution in [2.45, 2.75) is 38.6 Å². The van der Waals surface area contributed by atoms with Crippen LogP contribution in [0.4, 0.5) is 0 Å². The van der Waals surface area contributed by atoms with Crippen LogP contribution in [0, 0.1) is 5.92 Å². The second-order valence-electron chi connectivity index (χ2n) is 12.9. The summed E-state index contributed by atoms with van der Waals surface area (Å²) in [5.74, 6) is 0.437. The van der Waals surface area contributed by atoms with Gasteiger partial charge >= 0.3 is 0 Å². The Bertz CT molecular complexity index is 1710. The molecule has 0 radical (unpaired) electrons. The van der Waals surface area contributed by atoms with E-state index >= 15 is 0 Å². The number of benzene rings is 2. The summed E-state index contributed by atoms with van der Waals surface area (Å²) in [7, 11) is 0. The van der Waals surface area contributed by atoms with Gasteiger partial charge in [0.1, 0.15) is 0 Å². The van der Waals surface area contributed by atoms with Crippen molar-refractivity contribution in [1.29, 1.82) is 0 Å². The van der Waals surface area contributed by atoms with Gasteiger partial charge in [-0.05, 0) is 56.0 Å². The van der Waals surface area contributed by atoms with Gasteiger partial charge in [-0.25, -0.2) is 4.98 Å². The number of H-pyrrole nitrogens is 1. The Morgan fingerprint density at radius 1 is 0.696 bits per heavy atom. The molecule has 238 valence electrons. The maximum Gasteiger partial charge on any atom is 0.254 e. The SMILES string of the molecule is CC(=O)N1CCC(C(=O)N2CCC(N3CCN(C(=O)c4cc(-c5ccccc5)nc(-c5ccc6[nH]ccc6c5)c4)CC3)CC2)CC1. The standard InChI is InChI=1S/C37H42N6O3/c1-26(44)40-15-10-28(11-16-40)36(45)42-17-12-32(13-18-42)41-19-21-43(22-20-41)37(46)31-24-34(27-5-3-2-4-6-27)39-35(25-31)29-7-8-33-30(23-29)9-14-38-33/h2-9,14,23-25,28,32,38H,10-13,15-22H2,1H3. The molecule has 0 bridgehead atoms. The third kappa shape index (κ3) is 6.29. The summed E-state index contributed by atoms with van der Waals surface area (Å²) >= 11 is 0. The van der Waals surface area contributed by atoms with Crippen LogP contribution in [0.15, 0.2) is 72.9 Å². The maximum absolute atomic E-state index is 14.0. The molecule has 3 fully saturated rings. The number of carbonyl (C=O) groups is 3. The van der Waals surface area contributed by atoms with Crippen LogP contribution in [0.5, 0.6) is 0 Å². The summed E-state index contributed by atoms with van der Waals surface area (Å²) in [6.45, 7) is 7.57. The topological polar surface area (TPSA) is 92.9 Å². The van der Waals surface area contributed by atoms with Crippen molar-refractivity contribution in [3.05, 3.63) is 78.5 Å². The van der Waals surface area contributed by atoms with E-state index in [1.165, 1.54) is 0 Å². The molecule has 4 aromatic rings. The first kappa shape index (κ1) is 30.2. The molecule has 9 nitrogen and oxygen atoms in total.